The number of benzene rings is 2. The number of rotatable bonds is 6. The highest BCUT2D eigenvalue weighted by Crippen LogP contribution is 2.37. The van der Waals surface area contributed by atoms with Crippen molar-refractivity contribution < 1.29 is 28.3 Å². The molecule has 13 heteroatoms. The lowest BCUT2D eigenvalue weighted by atomic mass is 10.1. The number of carbonyl (C=O) groups excluding carboxylic acids is 4. The molecule has 0 unspecified atom stereocenters. The van der Waals surface area contributed by atoms with Crippen LogP contribution in [0.2, 0.25) is 20.1 Å². The van der Waals surface area contributed by atoms with Gasteiger partial charge in [0.25, 0.3) is 5.91 Å². The van der Waals surface area contributed by atoms with Gasteiger partial charge in [0.15, 0.2) is 0 Å². The highest BCUT2D eigenvalue weighted by Gasteiger charge is 2.38. The Labute approximate surface area is 248 Å². The summed E-state index contributed by atoms with van der Waals surface area (Å²) in [4.78, 5) is 51.8. The van der Waals surface area contributed by atoms with Crippen LogP contribution in [0.1, 0.15) is 18.4 Å². The fourth-order valence-corrected chi connectivity index (χ4v) is 4.42. The third-order valence-electron chi connectivity index (χ3n) is 5.73. The molecular weight excluding hydrogens is 604 g/mol. The Morgan fingerprint density at radius 3 is 2.25 bits per heavy atom. The van der Waals surface area contributed by atoms with Crippen molar-refractivity contribution in [3.05, 3.63) is 97.0 Å². The fraction of sp³-hybridized carbons (Fsp3) is 0.111. The highest BCUT2D eigenvalue weighted by molar-refractivity contribution is 6.43. The Balaban J connectivity index is 1.49. The Bertz CT molecular complexity index is 1610. The summed E-state index contributed by atoms with van der Waals surface area (Å²) in [6.45, 7) is 1.47. The minimum absolute atomic E-state index is 0.0290. The molecule has 4 rings (SSSR count). The van der Waals surface area contributed by atoms with Gasteiger partial charge in [0, 0.05) is 11.4 Å². The summed E-state index contributed by atoms with van der Waals surface area (Å²) in [5.41, 5.74) is 1.10. The van der Waals surface area contributed by atoms with Crippen molar-refractivity contribution in [1.29, 1.82) is 0 Å². The van der Waals surface area contributed by atoms with Gasteiger partial charge in [0.1, 0.15) is 11.5 Å². The minimum atomic E-state index is -0.922. The van der Waals surface area contributed by atoms with Crippen molar-refractivity contribution in [3.8, 4) is 0 Å². The average molecular weight is 623 g/mol. The molecule has 2 heterocycles. The van der Waals surface area contributed by atoms with E-state index in [2.05, 4.69) is 10.6 Å². The van der Waals surface area contributed by atoms with Crippen LogP contribution in [0.5, 0.6) is 0 Å². The Morgan fingerprint density at radius 1 is 0.925 bits per heavy atom. The smallest absolute Gasteiger partial charge is 0.340 e. The van der Waals surface area contributed by atoms with Crippen molar-refractivity contribution in [3.63, 3.8) is 0 Å². The summed E-state index contributed by atoms with van der Waals surface area (Å²) < 4.78 is 10.6. The van der Waals surface area contributed by atoms with E-state index in [0.29, 0.717) is 27.1 Å². The van der Waals surface area contributed by atoms with Gasteiger partial charge in [-0.05, 0) is 61.5 Å². The van der Waals surface area contributed by atoms with Crippen molar-refractivity contribution in [1.82, 2.24) is 5.32 Å². The number of nitrogens with one attached hydrogen (secondary N) is 2. The van der Waals surface area contributed by atoms with Crippen LogP contribution in [0.15, 0.2) is 69.8 Å². The second-order valence-electron chi connectivity index (χ2n) is 8.32. The molecule has 2 N–H and O–H groups in total. The maximum absolute atomic E-state index is 13.4. The number of anilines is 2. The van der Waals surface area contributed by atoms with Gasteiger partial charge < -0.3 is 19.8 Å². The van der Waals surface area contributed by atoms with E-state index in [9.17, 15) is 19.2 Å². The van der Waals surface area contributed by atoms with E-state index in [0.717, 1.165) is 0 Å². The lowest BCUT2D eigenvalue weighted by Gasteiger charge is -2.18. The van der Waals surface area contributed by atoms with Gasteiger partial charge in [0.05, 0.1) is 50.6 Å². The van der Waals surface area contributed by atoms with E-state index in [1.807, 2.05) is 0 Å². The van der Waals surface area contributed by atoms with Crippen molar-refractivity contribution >= 4 is 87.5 Å². The average Bonchev–Trinajstić information content (AvgIpc) is 3.47. The van der Waals surface area contributed by atoms with Gasteiger partial charge in [-0.3, -0.25) is 19.3 Å². The van der Waals surface area contributed by atoms with E-state index in [1.54, 1.807) is 25.1 Å². The van der Waals surface area contributed by atoms with Crippen LogP contribution in [-0.2, 0) is 30.5 Å². The van der Waals surface area contributed by atoms with Crippen LogP contribution in [0.25, 0.3) is 6.08 Å². The highest BCUT2D eigenvalue weighted by atomic mass is 35.5. The number of esters is 1. The van der Waals surface area contributed by atoms with Crippen LogP contribution in [0.3, 0.4) is 0 Å². The number of amides is 3. The Hall–Kier alpha value is -3.76. The maximum Gasteiger partial charge on any atom is 0.340 e. The fourth-order valence-electron chi connectivity index (χ4n) is 3.83. The summed E-state index contributed by atoms with van der Waals surface area (Å²) in [7, 11) is 1.21. The topological polar surface area (TPSA) is 118 Å². The van der Waals surface area contributed by atoms with E-state index in [1.165, 1.54) is 48.4 Å². The first-order chi connectivity index (χ1) is 19.0. The number of ether oxygens (including phenoxy) is 1. The molecule has 0 saturated heterocycles. The molecule has 0 aliphatic carbocycles. The number of hydrogen-bond donors (Lipinski definition) is 2. The van der Waals surface area contributed by atoms with Crippen LogP contribution in [-0.4, -0.2) is 30.8 Å². The van der Waals surface area contributed by atoms with E-state index in [-0.39, 0.29) is 39.3 Å². The number of halogens is 4. The summed E-state index contributed by atoms with van der Waals surface area (Å²) in [5, 5.41) is 5.92. The molecule has 2 aromatic carbocycles. The van der Waals surface area contributed by atoms with Crippen LogP contribution < -0.4 is 15.5 Å². The molecule has 0 saturated carbocycles. The summed E-state index contributed by atoms with van der Waals surface area (Å²) in [6.07, 6.45) is 1.39. The van der Waals surface area contributed by atoms with Crippen LogP contribution >= 0.6 is 46.4 Å². The first kappa shape index (κ1) is 29.2. The molecule has 0 fully saturated rings. The quantitative estimate of drug-likeness (QED) is 0.197. The number of nitrogens with zero attached hydrogens (tertiary/aromatic N) is 1. The molecule has 0 bridgehead atoms. The Morgan fingerprint density at radius 2 is 1.60 bits per heavy atom. The molecule has 3 amide bonds. The minimum Gasteiger partial charge on any atom is -0.465 e. The SMILES string of the molecule is COC(=O)C1=C(C)N(c2ccc(Cl)c(Cl)c2)C(=O)/C1=C/c1ccc(CNC(=O)C(=O)Nc2ccc(Cl)c(Cl)c2)o1. The Kier molecular flexibility index (Phi) is 8.90. The molecule has 1 aromatic heterocycles. The van der Waals surface area contributed by atoms with E-state index < -0.39 is 23.7 Å². The number of carbonyl (C=O) groups is 4. The molecule has 1 aliphatic heterocycles. The summed E-state index contributed by atoms with van der Waals surface area (Å²) in [6, 6.07) is 12.1. The monoisotopic (exact) mass is 621 g/mol. The molecule has 1 aliphatic rings. The predicted octanol–water partition coefficient (Wildman–Crippen LogP) is 6.03. The lowest BCUT2D eigenvalue weighted by Crippen LogP contribution is -2.34. The van der Waals surface area contributed by atoms with Gasteiger partial charge in [0.2, 0.25) is 0 Å². The van der Waals surface area contributed by atoms with Crippen LogP contribution in [0.4, 0.5) is 11.4 Å². The molecule has 3 aromatic rings. The lowest BCUT2D eigenvalue weighted by molar-refractivity contribution is -0.136. The summed E-state index contributed by atoms with van der Waals surface area (Å²) >= 11 is 23.9. The maximum atomic E-state index is 13.4. The second kappa shape index (κ2) is 12.2. The van der Waals surface area contributed by atoms with Gasteiger partial charge in [-0.25, -0.2) is 4.79 Å². The second-order valence-corrected chi connectivity index (χ2v) is 9.95. The summed E-state index contributed by atoms with van der Waals surface area (Å²) in [5.74, 6) is -2.56. The molecule has 0 radical (unpaired) electrons. The zero-order chi connectivity index (χ0) is 29.1. The first-order valence-electron chi connectivity index (χ1n) is 11.4. The van der Waals surface area contributed by atoms with Gasteiger partial charge in [-0.15, -0.1) is 0 Å². The van der Waals surface area contributed by atoms with Gasteiger partial charge >= 0.3 is 17.8 Å². The largest absolute Gasteiger partial charge is 0.465 e. The van der Waals surface area contributed by atoms with Gasteiger partial charge in [-0.1, -0.05) is 46.4 Å². The third kappa shape index (κ3) is 6.18. The number of furan rings is 1. The zero-order valence-corrected chi connectivity index (χ0v) is 23.8. The van der Waals surface area contributed by atoms with Crippen molar-refractivity contribution in [2.75, 3.05) is 17.3 Å². The van der Waals surface area contributed by atoms with Crippen molar-refractivity contribution in [2.45, 2.75) is 13.5 Å². The number of methoxy groups -OCH3 is 1. The molecular formula is C27H19Cl4N3O6. The van der Waals surface area contributed by atoms with E-state index >= 15 is 0 Å². The number of allylic oxidation sites excluding steroid dienone is 1. The zero-order valence-electron chi connectivity index (χ0n) is 20.8. The molecule has 40 heavy (non-hydrogen) atoms. The molecule has 9 nitrogen and oxygen atoms in total. The van der Waals surface area contributed by atoms with Gasteiger partial charge in [-0.2, -0.15) is 0 Å². The predicted molar refractivity (Wildman–Crippen MR) is 152 cm³/mol. The third-order valence-corrected chi connectivity index (χ3v) is 7.20. The molecule has 0 spiro atoms. The molecule has 206 valence electrons. The standard InChI is InChI=1S/C27H19Cl4N3O6/c1-13-23(27(38)39-2)18(26(37)34(13)15-4-8-20(29)22(31)10-15)11-16-5-6-17(40-16)12-32-24(35)25(36)33-14-3-7-19(28)21(30)9-14/h3-11H,12H2,1-2H3,(H,32,35)(H,33,36)/b18-11+. The normalized spacial score (nSPS) is 14.1. The van der Waals surface area contributed by atoms with Crippen molar-refractivity contribution in [2.24, 2.45) is 0 Å². The number of hydrogen-bond acceptors (Lipinski definition) is 6. The van der Waals surface area contributed by atoms with E-state index in [4.69, 9.17) is 55.6 Å². The van der Waals surface area contributed by atoms with Crippen LogP contribution in [0, 0.1) is 0 Å². The first-order valence-corrected chi connectivity index (χ1v) is 12.9. The molecule has 0 atom stereocenters.